The Morgan fingerprint density at radius 2 is 1.40 bits per heavy atom. The molecule has 5 rings (SSSR count). The molecule has 5 heteroatoms. The van der Waals surface area contributed by atoms with Crippen molar-refractivity contribution in [2.75, 3.05) is 0 Å². The third-order valence-electron chi connectivity index (χ3n) is 6.41. The zero-order chi connectivity index (χ0) is 28.6. The molecule has 40 heavy (non-hydrogen) atoms. The highest BCUT2D eigenvalue weighted by Gasteiger charge is 2.25. The van der Waals surface area contributed by atoms with Crippen molar-refractivity contribution in [1.82, 2.24) is 0 Å². The van der Waals surface area contributed by atoms with E-state index >= 15 is 0 Å². The van der Waals surface area contributed by atoms with Crippen LogP contribution in [-0.4, -0.2) is 29.1 Å². The summed E-state index contributed by atoms with van der Waals surface area (Å²) in [6.07, 6.45) is 5.19. The molecule has 4 aromatic carbocycles. The van der Waals surface area contributed by atoms with E-state index in [1.54, 1.807) is 25.1 Å². The van der Waals surface area contributed by atoms with E-state index in [1.165, 1.54) is 17.2 Å². The van der Waals surface area contributed by atoms with Gasteiger partial charge >= 0.3 is 0 Å². The molecule has 1 aliphatic rings. The number of aldehydes is 1. The molecule has 0 saturated carbocycles. The number of aromatic hydroxyl groups is 1. The maximum atomic E-state index is 12.0. The predicted molar refractivity (Wildman–Crippen MR) is 158 cm³/mol. The molecule has 0 bridgehead atoms. The molecule has 206 valence electrons. The number of carbonyl (C=O) groups is 3. The van der Waals surface area contributed by atoms with E-state index < -0.39 is 0 Å². The van der Waals surface area contributed by atoms with Crippen molar-refractivity contribution in [2.45, 2.75) is 51.6 Å². The van der Waals surface area contributed by atoms with Crippen LogP contribution in [0.4, 0.5) is 0 Å². The quantitative estimate of drug-likeness (QED) is 0.187. The van der Waals surface area contributed by atoms with Crippen LogP contribution in [0.25, 0.3) is 0 Å². The van der Waals surface area contributed by atoms with Crippen molar-refractivity contribution in [3.05, 3.63) is 131 Å². The minimum Gasteiger partial charge on any atom is -0.507 e. The minimum atomic E-state index is -0.0249. The van der Waals surface area contributed by atoms with Crippen molar-refractivity contribution in [2.24, 2.45) is 0 Å². The molecular weight excluding hydrogens is 500 g/mol. The number of carbonyl (C=O) groups excluding carboxylic acids is 3. The fourth-order valence-corrected chi connectivity index (χ4v) is 4.24. The predicted octanol–water partition coefficient (Wildman–Crippen LogP) is 7.46. The molecule has 5 nitrogen and oxygen atoms in total. The Kier molecular flexibility index (Phi) is 12.4. The van der Waals surface area contributed by atoms with Crippen molar-refractivity contribution in [1.29, 1.82) is 0 Å². The molecule has 0 spiro atoms. The third kappa shape index (κ3) is 9.66. The highest BCUT2D eigenvalue weighted by molar-refractivity contribution is 6.00. The summed E-state index contributed by atoms with van der Waals surface area (Å²) in [5.74, 6) is 0.971. The Labute approximate surface area is 236 Å². The van der Waals surface area contributed by atoms with Crippen LogP contribution in [0.5, 0.6) is 11.5 Å². The van der Waals surface area contributed by atoms with Crippen LogP contribution in [0.3, 0.4) is 0 Å². The fraction of sp³-hybridized carbons (Fsp3) is 0.229. The Hall–Kier alpha value is -4.51. The highest BCUT2D eigenvalue weighted by atomic mass is 16.5. The summed E-state index contributed by atoms with van der Waals surface area (Å²) >= 11 is 0. The number of benzene rings is 4. The van der Waals surface area contributed by atoms with Crippen LogP contribution in [0, 0.1) is 0 Å². The molecule has 0 aromatic heterocycles. The van der Waals surface area contributed by atoms with Gasteiger partial charge < -0.3 is 14.6 Å². The van der Waals surface area contributed by atoms with Crippen LogP contribution in [0.1, 0.15) is 64.4 Å². The minimum absolute atomic E-state index is 0.00241. The summed E-state index contributed by atoms with van der Waals surface area (Å²) in [4.78, 5) is 33.1. The Morgan fingerprint density at radius 3 is 2.02 bits per heavy atom. The van der Waals surface area contributed by atoms with E-state index in [9.17, 15) is 19.5 Å². The Balaban J connectivity index is 0.000000180. The second-order valence-corrected chi connectivity index (χ2v) is 9.37. The third-order valence-corrected chi connectivity index (χ3v) is 6.41. The summed E-state index contributed by atoms with van der Waals surface area (Å²) in [7, 11) is 0. The molecule has 0 aliphatic carbocycles. The molecule has 1 aliphatic heterocycles. The maximum absolute atomic E-state index is 12.0. The first-order valence-corrected chi connectivity index (χ1v) is 13.6. The van der Waals surface area contributed by atoms with Gasteiger partial charge in [0.1, 0.15) is 23.9 Å². The summed E-state index contributed by atoms with van der Waals surface area (Å²) < 4.78 is 5.90. The summed E-state index contributed by atoms with van der Waals surface area (Å²) in [5, 5.41) is 9.19. The topological polar surface area (TPSA) is 80.7 Å². The van der Waals surface area contributed by atoms with Gasteiger partial charge in [-0.1, -0.05) is 91.9 Å². The van der Waals surface area contributed by atoms with Crippen molar-refractivity contribution < 1.29 is 24.2 Å². The van der Waals surface area contributed by atoms with Gasteiger partial charge in [-0.15, -0.1) is 0 Å². The molecule has 4 aromatic rings. The highest BCUT2D eigenvalue weighted by Crippen LogP contribution is 2.28. The molecule has 0 fully saturated rings. The number of hydrogen-bond donors (Lipinski definition) is 1. The second kappa shape index (κ2) is 16.5. The van der Waals surface area contributed by atoms with E-state index in [0.717, 1.165) is 36.9 Å². The standard InChI is InChI=1S/C17H16O2.C9H10O2.C9H10O/c18-16-12-14(11-10-13-6-2-1-3-7-13)19-17-9-5-4-8-15(16)17;1-2-8(10)7-5-3-4-6-9(7)11;10-8-4-7-9-5-2-1-3-6-9/h1-9,14H,10-12H2;3-6,11H,2H2,1H3;1-3,5-6,8H,4,7H2/t14-;;/m0../s1. The average molecular weight is 537 g/mol. The summed E-state index contributed by atoms with van der Waals surface area (Å²) in [6, 6.07) is 34.4. The monoisotopic (exact) mass is 536 g/mol. The van der Waals surface area contributed by atoms with Crippen molar-refractivity contribution >= 4 is 17.9 Å². The SMILES string of the molecule is CCC(=O)c1ccccc1O.O=C1C[C@H](CCc2ccccc2)Oc2ccccc21.O=CCCc1ccccc1. The first-order chi connectivity index (χ1) is 19.5. The fourth-order valence-electron chi connectivity index (χ4n) is 4.24. The molecule has 0 unspecified atom stereocenters. The zero-order valence-electron chi connectivity index (χ0n) is 22.9. The zero-order valence-corrected chi connectivity index (χ0v) is 22.9. The number of Topliss-reactive ketones (excluding diaryl/α,β-unsaturated/α-hetero) is 2. The number of rotatable bonds is 8. The van der Waals surface area contributed by atoms with Gasteiger partial charge in [0.05, 0.1) is 11.1 Å². The van der Waals surface area contributed by atoms with Crippen molar-refractivity contribution in [3.8, 4) is 11.5 Å². The first-order valence-electron chi connectivity index (χ1n) is 13.6. The lowest BCUT2D eigenvalue weighted by atomic mass is 9.97. The van der Waals surface area contributed by atoms with Crippen LogP contribution in [-0.2, 0) is 17.6 Å². The van der Waals surface area contributed by atoms with Gasteiger partial charge in [0.15, 0.2) is 11.6 Å². The van der Waals surface area contributed by atoms with Gasteiger partial charge in [-0.05, 0) is 54.7 Å². The number of hydrogen-bond acceptors (Lipinski definition) is 5. The van der Waals surface area contributed by atoms with Gasteiger partial charge in [-0.25, -0.2) is 0 Å². The second-order valence-electron chi connectivity index (χ2n) is 9.37. The van der Waals surface area contributed by atoms with E-state index in [1.807, 2.05) is 72.8 Å². The Bertz CT molecular complexity index is 1350. The molecule has 1 N–H and O–H groups in total. The largest absolute Gasteiger partial charge is 0.507 e. The van der Waals surface area contributed by atoms with E-state index in [0.29, 0.717) is 24.8 Å². The van der Waals surface area contributed by atoms with Crippen LogP contribution in [0.15, 0.2) is 109 Å². The van der Waals surface area contributed by atoms with Gasteiger partial charge in [-0.2, -0.15) is 0 Å². The van der Waals surface area contributed by atoms with E-state index in [4.69, 9.17) is 4.74 Å². The van der Waals surface area contributed by atoms with Gasteiger partial charge in [0.2, 0.25) is 0 Å². The first kappa shape index (κ1) is 30.0. The van der Waals surface area contributed by atoms with Gasteiger partial charge in [-0.3, -0.25) is 9.59 Å². The maximum Gasteiger partial charge on any atom is 0.170 e. The number of phenolic OH excluding ortho intramolecular Hbond substituents is 1. The number of para-hydroxylation sites is 2. The number of phenols is 1. The lowest BCUT2D eigenvalue weighted by molar-refractivity contribution is -0.107. The van der Waals surface area contributed by atoms with Crippen LogP contribution >= 0.6 is 0 Å². The van der Waals surface area contributed by atoms with Crippen molar-refractivity contribution in [3.63, 3.8) is 0 Å². The van der Waals surface area contributed by atoms with Gasteiger partial charge in [0, 0.05) is 19.3 Å². The summed E-state index contributed by atoms with van der Waals surface area (Å²) in [6.45, 7) is 1.77. The number of fused-ring (bicyclic) bond motifs is 1. The number of ether oxygens (including phenoxy) is 1. The lowest BCUT2D eigenvalue weighted by Crippen LogP contribution is -2.27. The number of ketones is 2. The van der Waals surface area contributed by atoms with Crippen LogP contribution < -0.4 is 4.74 Å². The van der Waals surface area contributed by atoms with Gasteiger partial charge in [0.25, 0.3) is 0 Å². The lowest BCUT2D eigenvalue weighted by Gasteiger charge is -2.25. The molecule has 0 saturated heterocycles. The summed E-state index contributed by atoms with van der Waals surface area (Å²) in [5.41, 5.74) is 3.65. The molecule has 1 atom stereocenters. The van der Waals surface area contributed by atoms with E-state index in [2.05, 4.69) is 12.1 Å². The van der Waals surface area contributed by atoms with Crippen LogP contribution in [0.2, 0.25) is 0 Å². The average Bonchev–Trinajstić information content (AvgIpc) is 3.00. The molecule has 0 amide bonds. The molecular formula is C35H36O5. The molecule has 0 radical (unpaired) electrons. The Morgan fingerprint density at radius 1 is 0.825 bits per heavy atom. The normalized spacial score (nSPS) is 13.3. The smallest absolute Gasteiger partial charge is 0.170 e. The van der Waals surface area contributed by atoms with E-state index in [-0.39, 0.29) is 23.4 Å². The molecule has 1 heterocycles. The number of aryl methyl sites for hydroxylation is 2.